The van der Waals surface area contributed by atoms with E-state index in [1.54, 1.807) is 62.5 Å². The Labute approximate surface area is 228 Å². The Morgan fingerprint density at radius 3 is 2.36 bits per heavy atom. The SMILES string of the molecule is CC(C)(C)C(=O)OC(O)(OP=O)C(C(=O)NC=Cc1cc(Cl)cc(Cl)c1)c1csc2ccc(Cl)cc12. The van der Waals surface area contributed by atoms with Gasteiger partial charge in [-0.3, -0.25) is 9.59 Å². The zero-order chi connectivity index (χ0) is 26.7. The molecule has 2 aromatic carbocycles. The number of hydrogen-bond donors (Lipinski definition) is 2. The second kappa shape index (κ2) is 11.6. The molecule has 0 saturated heterocycles. The summed E-state index contributed by atoms with van der Waals surface area (Å²) in [4.78, 5) is 26.1. The molecule has 3 aromatic rings. The summed E-state index contributed by atoms with van der Waals surface area (Å²) >= 11 is 19.5. The van der Waals surface area contributed by atoms with Crippen LogP contribution in [0.5, 0.6) is 0 Å². The number of carbonyl (C=O) groups excluding carboxylic acids is 2. The first kappa shape index (κ1) is 28.5. The van der Waals surface area contributed by atoms with Crippen LogP contribution in [0.3, 0.4) is 0 Å². The van der Waals surface area contributed by atoms with E-state index >= 15 is 0 Å². The second-order valence-corrected chi connectivity index (χ2v) is 11.3. The Hall–Kier alpha value is -2.03. The van der Waals surface area contributed by atoms with Gasteiger partial charge in [-0.15, -0.1) is 11.3 Å². The molecule has 2 atom stereocenters. The Kier molecular flexibility index (Phi) is 9.17. The highest BCUT2D eigenvalue weighted by molar-refractivity contribution is 7.17. The normalized spacial score (nSPS) is 14.6. The third kappa shape index (κ3) is 6.84. The minimum Gasteiger partial charge on any atom is -0.406 e. The Morgan fingerprint density at radius 1 is 1.08 bits per heavy atom. The number of ether oxygens (including phenoxy) is 1. The van der Waals surface area contributed by atoms with Crippen LogP contribution in [0.4, 0.5) is 0 Å². The number of carbonyl (C=O) groups is 2. The molecular formula is C24H21Cl3NO6PS. The van der Waals surface area contributed by atoms with Gasteiger partial charge in [0.1, 0.15) is 0 Å². The van der Waals surface area contributed by atoms with Crippen LogP contribution >= 0.6 is 54.8 Å². The number of esters is 1. The smallest absolute Gasteiger partial charge is 0.353 e. The third-order valence-electron chi connectivity index (χ3n) is 4.91. The lowest BCUT2D eigenvalue weighted by Crippen LogP contribution is -2.49. The molecule has 0 radical (unpaired) electrons. The largest absolute Gasteiger partial charge is 0.406 e. The second-order valence-electron chi connectivity index (χ2n) is 8.75. The van der Waals surface area contributed by atoms with Crippen LogP contribution in [-0.4, -0.2) is 23.0 Å². The molecule has 0 aliphatic heterocycles. The van der Waals surface area contributed by atoms with Gasteiger partial charge in [0.15, 0.2) is 5.92 Å². The average molecular weight is 589 g/mol. The van der Waals surface area contributed by atoms with Crippen molar-refractivity contribution in [3.8, 4) is 0 Å². The molecule has 1 aromatic heterocycles. The fourth-order valence-corrected chi connectivity index (χ4v) is 5.12. The van der Waals surface area contributed by atoms with Gasteiger partial charge < -0.3 is 15.2 Å². The fourth-order valence-electron chi connectivity index (χ4n) is 3.19. The summed E-state index contributed by atoms with van der Waals surface area (Å²) in [6, 6.07) is 9.84. The molecule has 2 N–H and O–H groups in total. The number of rotatable bonds is 8. The number of hydrogen-bond acceptors (Lipinski definition) is 7. The van der Waals surface area contributed by atoms with E-state index in [1.807, 2.05) is 0 Å². The van der Waals surface area contributed by atoms with E-state index in [0.29, 0.717) is 26.0 Å². The van der Waals surface area contributed by atoms with Crippen molar-refractivity contribution in [2.75, 3.05) is 0 Å². The van der Waals surface area contributed by atoms with E-state index in [2.05, 4.69) is 5.32 Å². The lowest BCUT2D eigenvalue weighted by Gasteiger charge is -2.33. The molecule has 0 saturated carbocycles. The molecule has 0 aliphatic rings. The molecule has 0 spiro atoms. The van der Waals surface area contributed by atoms with Gasteiger partial charge in [0.05, 0.1) is 5.41 Å². The van der Waals surface area contributed by atoms with E-state index in [0.717, 1.165) is 4.70 Å². The third-order valence-corrected chi connectivity index (χ3v) is 6.90. The van der Waals surface area contributed by atoms with Crippen molar-refractivity contribution in [3.05, 3.63) is 74.2 Å². The molecule has 0 bridgehead atoms. The van der Waals surface area contributed by atoms with Gasteiger partial charge in [0.25, 0.3) is 0 Å². The quantitative estimate of drug-likeness (QED) is 0.164. The van der Waals surface area contributed by atoms with Crippen LogP contribution in [0.15, 0.2) is 48.0 Å². The number of thiophene rings is 1. The molecule has 0 aliphatic carbocycles. The van der Waals surface area contributed by atoms with Crippen molar-refractivity contribution < 1.29 is 28.5 Å². The molecule has 0 fully saturated rings. The van der Waals surface area contributed by atoms with Gasteiger partial charge in [-0.2, -0.15) is 0 Å². The minimum absolute atomic E-state index is 0.252. The summed E-state index contributed by atoms with van der Waals surface area (Å²) in [5.74, 6) is -6.26. The molecule has 1 heterocycles. The monoisotopic (exact) mass is 587 g/mol. The Balaban J connectivity index is 2.06. The maximum absolute atomic E-state index is 13.5. The van der Waals surface area contributed by atoms with Crippen molar-refractivity contribution >= 4 is 82.9 Å². The van der Waals surface area contributed by atoms with Crippen molar-refractivity contribution in [3.63, 3.8) is 0 Å². The van der Waals surface area contributed by atoms with Crippen LogP contribution in [0, 0.1) is 5.41 Å². The average Bonchev–Trinajstić information content (AvgIpc) is 3.15. The lowest BCUT2D eigenvalue weighted by atomic mass is 9.93. The van der Waals surface area contributed by atoms with Gasteiger partial charge in [-0.25, -0.2) is 9.09 Å². The topological polar surface area (TPSA) is 102 Å². The van der Waals surface area contributed by atoms with Crippen LogP contribution < -0.4 is 5.32 Å². The van der Waals surface area contributed by atoms with Crippen molar-refractivity contribution in [2.45, 2.75) is 32.7 Å². The van der Waals surface area contributed by atoms with Gasteiger partial charge in [-0.05, 0) is 85.1 Å². The highest BCUT2D eigenvalue weighted by Gasteiger charge is 2.51. The van der Waals surface area contributed by atoms with Gasteiger partial charge in [0.2, 0.25) is 5.91 Å². The predicted molar refractivity (Wildman–Crippen MR) is 142 cm³/mol. The molecule has 7 nitrogen and oxygen atoms in total. The van der Waals surface area contributed by atoms with Crippen LogP contribution in [0.1, 0.15) is 37.8 Å². The fraction of sp³-hybridized carbons (Fsp3) is 0.250. The Bertz CT molecular complexity index is 1320. The van der Waals surface area contributed by atoms with Crippen molar-refractivity contribution in [1.29, 1.82) is 0 Å². The molecule has 190 valence electrons. The number of benzene rings is 2. The molecule has 1 amide bonds. The van der Waals surface area contributed by atoms with Gasteiger partial charge in [0, 0.05) is 26.0 Å². The predicted octanol–water partition coefficient (Wildman–Crippen LogP) is 7.19. The summed E-state index contributed by atoms with van der Waals surface area (Å²) in [5.41, 5.74) is -0.216. The number of nitrogens with one attached hydrogen (secondary N) is 1. The summed E-state index contributed by atoms with van der Waals surface area (Å²) in [5, 5.41) is 17.2. The van der Waals surface area contributed by atoms with Crippen molar-refractivity contribution in [2.24, 2.45) is 5.41 Å². The highest BCUT2D eigenvalue weighted by Crippen LogP contribution is 2.41. The first-order valence-corrected chi connectivity index (χ1v) is 13.1. The summed E-state index contributed by atoms with van der Waals surface area (Å²) in [6.07, 6.45) is 2.84. The maximum atomic E-state index is 13.5. The molecule has 2 unspecified atom stereocenters. The lowest BCUT2D eigenvalue weighted by molar-refractivity contribution is -0.310. The molecule has 36 heavy (non-hydrogen) atoms. The van der Waals surface area contributed by atoms with Gasteiger partial charge >= 0.3 is 20.6 Å². The zero-order valence-corrected chi connectivity index (χ0v) is 23.2. The van der Waals surface area contributed by atoms with Crippen LogP contribution in [0.2, 0.25) is 15.1 Å². The molecule has 12 heteroatoms. The molecular weight excluding hydrogens is 568 g/mol. The first-order valence-electron chi connectivity index (χ1n) is 10.4. The zero-order valence-electron chi connectivity index (χ0n) is 19.3. The summed E-state index contributed by atoms with van der Waals surface area (Å²) < 4.78 is 22.4. The van der Waals surface area contributed by atoms with Crippen LogP contribution in [0.25, 0.3) is 16.2 Å². The number of halogens is 3. The van der Waals surface area contributed by atoms with E-state index < -0.39 is 37.9 Å². The minimum atomic E-state index is -2.92. The molecule has 3 rings (SSSR count). The van der Waals surface area contributed by atoms with Crippen molar-refractivity contribution in [1.82, 2.24) is 5.32 Å². The first-order chi connectivity index (χ1) is 16.8. The van der Waals surface area contributed by atoms with E-state index in [1.165, 1.54) is 23.6 Å². The van der Waals surface area contributed by atoms with E-state index in [9.17, 15) is 19.3 Å². The standard InChI is InChI=1S/C24H21Cl3NO6PS/c1-23(2,3)22(30)33-24(31,34-35-32)20(18-12-36-19-5-4-14(25)11-17(18)19)21(29)28-7-6-13-8-15(26)10-16(27)9-13/h4-12,20,31H,1-3H3,(H,28,29). The summed E-state index contributed by atoms with van der Waals surface area (Å²) in [6.45, 7) is 4.66. The van der Waals surface area contributed by atoms with E-state index in [4.69, 9.17) is 44.1 Å². The maximum Gasteiger partial charge on any atom is 0.353 e. The van der Waals surface area contributed by atoms with Crippen LogP contribution in [-0.2, 0) is 23.4 Å². The Morgan fingerprint density at radius 2 is 1.75 bits per heavy atom. The number of fused-ring (bicyclic) bond motifs is 1. The highest BCUT2D eigenvalue weighted by atomic mass is 35.5. The number of aliphatic hydroxyl groups is 1. The summed E-state index contributed by atoms with van der Waals surface area (Å²) in [7, 11) is -1.02. The number of amides is 1. The van der Waals surface area contributed by atoms with E-state index in [-0.39, 0.29) is 5.56 Å². The van der Waals surface area contributed by atoms with Gasteiger partial charge in [-0.1, -0.05) is 34.8 Å².